The van der Waals surface area contributed by atoms with E-state index in [1.165, 1.54) is 25.7 Å². The third-order valence-electron chi connectivity index (χ3n) is 3.79. The van der Waals surface area contributed by atoms with Gasteiger partial charge >= 0.3 is 5.97 Å². The lowest BCUT2D eigenvalue weighted by Gasteiger charge is -2.24. The third-order valence-corrected chi connectivity index (χ3v) is 3.79. The number of hydrogen-bond acceptors (Lipinski definition) is 3. The molecule has 5 nitrogen and oxygen atoms in total. The van der Waals surface area contributed by atoms with Crippen molar-refractivity contribution in [1.82, 2.24) is 10.2 Å². The van der Waals surface area contributed by atoms with Gasteiger partial charge in [-0.1, -0.05) is 19.8 Å². The molecule has 1 aliphatic rings. The Morgan fingerprint density at radius 1 is 1.32 bits per heavy atom. The molecule has 1 amide bonds. The molecule has 1 saturated carbocycles. The molecule has 0 aromatic carbocycles. The standard InChI is InChI=1S/C14H26N2O3/c1-11(10-14(18)19)9-13(17)15-7-8-16(2)12-5-3-4-6-12/h11-12H,3-10H2,1-2H3,(H,15,17)(H,18,19). The summed E-state index contributed by atoms with van der Waals surface area (Å²) in [5.41, 5.74) is 0. The number of carboxylic acids is 1. The lowest BCUT2D eigenvalue weighted by atomic mass is 10.0. The van der Waals surface area contributed by atoms with Crippen LogP contribution in [0.4, 0.5) is 0 Å². The third kappa shape index (κ3) is 6.57. The van der Waals surface area contributed by atoms with Crippen LogP contribution in [-0.4, -0.2) is 48.1 Å². The van der Waals surface area contributed by atoms with E-state index < -0.39 is 5.97 Å². The van der Waals surface area contributed by atoms with Crippen molar-refractivity contribution in [1.29, 1.82) is 0 Å². The Bertz CT molecular complexity index is 301. The molecule has 0 aromatic rings. The van der Waals surface area contributed by atoms with E-state index in [4.69, 9.17) is 5.11 Å². The van der Waals surface area contributed by atoms with Gasteiger partial charge in [0.25, 0.3) is 0 Å². The van der Waals surface area contributed by atoms with Gasteiger partial charge in [0, 0.05) is 32.0 Å². The van der Waals surface area contributed by atoms with Crippen molar-refractivity contribution in [3.05, 3.63) is 0 Å². The Labute approximate surface area is 115 Å². The van der Waals surface area contributed by atoms with Crippen LogP contribution in [-0.2, 0) is 9.59 Å². The van der Waals surface area contributed by atoms with Crippen molar-refractivity contribution in [2.75, 3.05) is 20.1 Å². The molecular formula is C14H26N2O3. The second-order valence-electron chi connectivity index (χ2n) is 5.68. The molecule has 1 aliphatic carbocycles. The highest BCUT2D eigenvalue weighted by Gasteiger charge is 2.19. The number of carbonyl (C=O) groups is 2. The van der Waals surface area contributed by atoms with Gasteiger partial charge in [0.15, 0.2) is 0 Å². The SMILES string of the molecule is CC(CC(=O)O)CC(=O)NCCN(C)C1CCCC1. The minimum absolute atomic E-state index is 0.0476. The summed E-state index contributed by atoms with van der Waals surface area (Å²) in [5, 5.41) is 11.5. The van der Waals surface area contributed by atoms with Crippen molar-refractivity contribution in [3.8, 4) is 0 Å². The number of likely N-dealkylation sites (N-methyl/N-ethyl adjacent to an activating group) is 1. The van der Waals surface area contributed by atoms with Crippen LogP contribution in [0.2, 0.25) is 0 Å². The number of nitrogens with zero attached hydrogens (tertiary/aromatic N) is 1. The van der Waals surface area contributed by atoms with Gasteiger partial charge in [0.1, 0.15) is 0 Å². The fourth-order valence-electron chi connectivity index (χ4n) is 2.66. The van der Waals surface area contributed by atoms with Crippen LogP contribution in [0.1, 0.15) is 45.4 Å². The van der Waals surface area contributed by atoms with Crippen molar-refractivity contribution in [3.63, 3.8) is 0 Å². The van der Waals surface area contributed by atoms with Gasteiger partial charge in [-0.25, -0.2) is 0 Å². The first-order valence-corrected chi connectivity index (χ1v) is 7.17. The molecule has 0 aromatic heterocycles. The van der Waals surface area contributed by atoms with Gasteiger partial charge in [-0.05, 0) is 25.8 Å². The fourth-order valence-corrected chi connectivity index (χ4v) is 2.66. The van der Waals surface area contributed by atoms with Gasteiger partial charge in [-0.3, -0.25) is 9.59 Å². The predicted octanol–water partition coefficient (Wildman–Crippen LogP) is 1.48. The quantitative estimate of drug-likeness (QED) is 0.701. The van der Waals surface area contributed by atoms with Crippen LogP contribution < -0.4 is 5.32 Å². The molecule has 1 rings (SSSR count). The predicted molar refractivity (Wildman–Crippen MR) is 73.9 cm³/mol. The molecule has 19 heavy (non-hydrogen) atoms. The molecule has 1 atom stereocenters. The Morgan fingerprint density at radius 2 is 1.95 bits per heavy atom. The molecule has 1 unspecified atom stereocenters. The van der Waals surface area contributed by atoms with E-state index in [1.807, 2.05) is 0 Å². The summed E-state index contributed by atoms with van der Waals surface area (Å²) in [7, 11) is 2.11. The lowest BCUT2D eigenvalue weighted by Crippen LogP contribution is -2.37. The van der Waals surface area contributed by atoms with E-state index in [9.17, 15) is 9.59 Å². The van der Waals surface area contributed by atoms with Crippen LogP contribution in [0.3, 0.4) is 0 Å². The normalized spacial score (nSPS) is 17.6. The van der Waals surface area contributed by atoms with E-state index in [0.717, 1.165) is 6.54 Å². The molecule has 0 heterocycles. The van der Waals surface area contributed by atoms with E-state index >= 15 is 0 Å². The van der Waals surface area contributed by atoms with Crippen molar-refractivity contribution in [2.24, 2.45) is 5.92 Å². The topological polar surface area (TPSA) is 69.6 Å². The van der Waals surface area contributed by atoms with Crippen molar-refractivity contribution in [2.45, 2.75) is 51.5 Å². The summed E-state index contributed by atoms with van der Waals surface area (Å²) in [4.78, 5) is 24.4. The summed E-state index contributed by atoms with van der Waals surface area (Å²) < 4.78 is 0. The number of aliphatic carboxylic acids is 1. The molecule has 0 bridgehead atoms. The second-order valence-corrected chi connectivity index (χ2v) is 5.68. The summed E-state index contributed by atoms with van der Waals surface area (Å²) in [6.07, 6.45) is 5.50. The minimum Gasteiger partial charge on any atom is -0.481 e. The average molecular weight is 270 g/mol. The van der Waals surface area contributed by atoms with Crippen molar-refractivity contribution >= 4 is 11.9 Å². The Kier molecular flexibility index (Phi) is 6.84. The van der Waals surface area contributed by atoms with E-state index in [1.54, 1.807) is 6.92 Å². The molecule has 0 saturated heterocycles. The van der Waals surface area contributed by atoms with E-state index in [2.05, 4.69) is 17.3 Å². The highest BCUT2D eigenvalue weighted by Crippen LogP contribution is 2.21. The monoisotopic (exact) mass is 270 g/mol. The van der Waals surface area contributed by atoms with Crippen LogP contribution in [0, 0.1) is 5.92 Å². The first-order chi connectivity index (χ1) is 8.99. The number of nitrogens with one attached hydrogen (secondary N) is 1. The lowest BCUT2D eigenvalue weighted by molar-refractivity contribution is -0.138. The molecular weight excluding hydrogens is 244 g/mol. The van der Waals surface area contributed by atoms with Gasteiger partial charge in [0.2, 0.25) is 5.91 Å². The maximum atomic E-state index is 11.6. The zero-order chi connectivity index (χ0) is 14.3. The smallest absolute Gasteiger partial charge is 0.303 e. The summed E-state index contributed by atoms with van der Waals surface area (Å²) in [6, 6.07) is 0.669. The highest BCUT2D eigenvalue weighted by molar-refractivity contribution is 5.77. The molecule has 2 N–H and O–H groups in total. The highest BCUT2D eigenvalue weighted by atomic mass is 16.4. The number of hydrogen-bond donors (Lipinski definition) is 2. The van der Waals surface area contributed by atoms with E-state index in [0.29, 0.717) is 19.0 Å². The fraction of sp³-hybridized carbons (Fsp3) is 0.857. The van der Waals surface area contributed by atoms with Crippen LogP contribution in [0.25, 0.3) is 0 Å². The largest absolute Gasteiger partial charge is 0.481 e. The van der Waals surface area contributed by atoms with Crippen LogP contribution in [0.5, 0.6) is 0 Å². The minimum atomic E-state index is -0.846. The second kappa shape index (κ2) is 8.15. The zero-order valence-electron chi connectivity index (χ0n) is 12.0. The number of amides is 1. The van der Waals surface area contributed by atoms with Crippen LogP contribution >= 0.6 is 0 Å². The summed E-state index contributed by atoms with van der Waals surface area (Å²) >= 11 is 0. The number of rotatable bonds is 8. The number of carboxylic acid groups (broad SMARTS) is 1. The van der Waals surface area contributed by atoms with Crippen molar-refractivity contribution < 1.29 is 14.7 Å². The Hall–Kier alpha value is -1.10. The average Bonchev–Trinajstić information content (AvgIpc) is 2.80. The Morgan fingerprint density at radius 3 is 2.53 bits per heavy atom. The maximum absolute atomic E-state index is 11.6. The molecule has 0 radical (unpaired) electrons. The molecule has 0 aliphatic heterocycles. The molecule has 5 heteroatoms. The first kappa shape index (κ1) is 16.0. The summed E-state index contributed by atoms with van der Waals surface area (Å²) in [5.74, 6) is -1.00. The zero-order valence-corrected chi connectivity index (χ0v) is 12.0. The van der Waals surface area contributed by atoms with E-state index in [-0.39, 0.29) is 18.2 Å². The molecule has 0 spiro atoms. The first-order valence-electron chi connectivity index (χ1n) is 7.17. The van der Waals surface area contributed by atoms with Gasteiger partial charge in [-0.15, -0.1) is 0 Å². The van der Waals surface area contributed by atoms with Gasteiger partial charge in [-0.2, -0.15) is 0 Å². The molecule has 1 fully saturated rings. The van der Waals surface area contributed by atoms with Crippen LogP contribution in [0.15, 0.2) is 0 Å². The van der Waals surface area contributed by atoms with Gasteiger partial charge in [0.05, 0.1) is 0 Å². The number of carbonyl (C=O) groups excluding carboxylic acids is 1. The summed E-state index contributed by atoms with van der Waals surface area (Å²) in [6.45, 7) is 3.30. The Balaban J connectivity index is 2.10. The maximum Gasteiger partial charge on any atom is 0.303 e. The van der Waals surface area contributed by atoms with Gasteiger partial charge < -0.3 is 15.3 Å². The molecule has 110 valence electrons.